The summed E-state index contributed by atoms with van der Waals surface area (Å²) in [6.45, 7) is 1.85. The SMILES string of the molecule is O=C(Cc1ccccc1F)N1CCN(C(=O)Cn2cnnn2)CC1. The van der Waals surface area contributed by atoms with Crippen LogP contribution in [0.5, 0.6) is 0 Å². The summed E-state index contributed by atoms with van der Waals surface area (Å²) in [6, 6.07) is 6.26. The minimum Gasteiger partial charge on any atom is -0.339 e. The van der Waals surface area contributed by atoms with E-state index in [-0.39, 0.29) is 30.6 Å². The van der Waals surface area contributed by atoms with Crippen LogP contribution in [0.4, 0.5) is 4.39 Å². The molecule has 9 heteroatoms. The Morgan fingerprint density at radius 2 is 1.71 bits per heavy atom. The number of hydrogen-bond donors (Lipinski definition) is 0. The zero-order chi connectivity index (χ0) is 16.9. The van der Waals surface area contributed by atoms with E-state index in [0.717, 1.165) is 0 Å². The lowest BCUT2D eigenvalue weighted by molar-refractivity contribution is -0.139. The van der Waals surface area contributed by atoms with Gasteiger partial charge < -0.3 is 9.80 Å². The second-order valence-electron chi connectivity index (χ2n) is 5.54. The third-order valence-electron chi connectivity index (χ3n) is 3.97. The fourth-order valence-corrected chi connectivity index (χ4v) is 2.61. The average molecular weight is 332 g/mol. The summed E-state index contributed by atoms with van der Waals surface area (Å²) in [5.74, 6) is -0.600. The molecule has 1 aromatic heterocycles. The number of hydrogen-bond acceptors (Lipinski definition) is 5. The molecule has 0 spiro atoms. The summed E-state index contributed by atoms with van der Waals surface area (Å²) in [5.41, 5.74) is 0.389. The highest BCUT2D eigenvalue weighted by Crippen LogP contribution is 2.10. The molecule has 0 aliphatic carbocycles. The summed E-state index contributed by atoms with van der Waals surface area (Å²) >= 11 is 0. The molecule has 0 radical (unpaired) electrons. The molecule has 1 aromatic carbocycles. The predicted octanol–water partition coefficient (Wildman–Crippen LogP) is -0.274. The lowest BCUT2D eigenvalue weighted by atomic mass is 10.1. The Morgan fingerprint density at radius 3 is 2.33 bits per heavy atom. The van der Waals surface area contributed by atoms with Crippen LogP contribution in [0, 0.1) is 5.82 Å². The van der Waals surface area contributed by atoms with Crippen molar-refractivity contribution < 1.29 is 14.0 Å². The third-order valence-corrected chi connectivity index (χ3v) is 3.97. The average Bonchev–Trinajstić information content (AvgIpc) is 3.10. The first kappa shape index (κ1) is 16.0. The van der Waals surface area contributed by atoms with Gasteiger partial charge in [-0.3, -0.25) is 9.59 Å². The lowest BCUT2D eigenvalue weighted by Crippen LogP contribution is -2.51. The Hall–Kier alpha value is -2.84. The number of benzene rings is 1. The molecule has 1 aliphatic heterocycles. The molecule has 8 nitrogen and oxygen atoms in total. The van der Waals surface area contributed by atoms with Gasteiger partial charge in [0.15, 0.2) is 0 Å². The van der Waals surface area contributed by atoms with E-state index in [1.807, 2.05) is 0 Å². The standard InChI is InChI=1S/C15H17FN6O2/c16-13-4-2-1-3-12(13)9-14(23)20-5-7-21(8-6-20)15(24)10-22-11-17-18-19-22/h1-4,11H,5-10H2. The maximum Gasteiger partial charge on any atom is 0.244 e. The van der Waals surface area contributed by atoms with Crippen LogP contribution in [0.15, 0.2) is 30.6 Å². The highest BCUT2D eigenvalue weighted by Gasteiger charge is 2.24. The van der Waals surface area contributed by atoms with Crippen LogP contribution >= 0.6 is 0 Å². The Balaban J connectivity index is 1.50. The van der Waals surface area contributed by atoms with E-state index in [4.69, 9.17) is 0 Å². The number of tetrazole rings is 1. The first-order valence-corrected chi connectivity index (χ1v) is 7.63. The number of nitrogens with zero attached hydrogens (tertiary/aromatic N) is 6. The Bertz CT molecular complexity index is 713. The molecule has 0 atom stereocenters. The van der Waals surface area contributed by atoms with Crippen LogP contribution in [0.2, 0.25) is 0 Å². The fraction of sp³-hybridized carbons (Fsp3) is 0.400. The van der Waals surface area contributed by atoms with Crippen molar-refractivity contribution in [2.45, 2.75) is 13.0 Å². The number of halogens is 1. The molecule has 0 bridgehead atoms. The van der Waals surface area contributed by atoms with Gasteiger partial charge >= 0.3 is 0 Å². The zero-order valence-electron chi connectivity index (χ0n) is 13.0. The second-order valence-corrected chi connectivity index (χ2v) is 5.54. The van der Waals surface area contributed by atoms with E-state index in [0.29, 0.717) is 31.7 Å². The highest BCUT2D eigenvalue weighted by atomic mass is 19.1. The molecular formula is C15H17FN6O2. The first-order valence-electron chi connectivity index (χ1n) is 7.63. The van der Waals surface area contributed by atoms with Gasteiger partial charge in [-0.15, -0.1) is 5.10 Å². The second kappa shape index (κ2) is 7.16. The van der Waals surface area contributed by atoms with Gasteiger partial charge in [-0.2, -0.15) is 0 Å². The molecule has 0 unspecified atom stereocenters. The van der Waals surface area contributed by atoms with Gasteiger partial charge in [0.05, 0.1) is 6.42 Å². The van der Waals surface area contributed by atoms with Crippen molar-refractivity contribution in [3.63, 3.8) is 0 Å². The molecule has 0 saturated carbocycles. The van der Waals surface area contributed by atoms with Crippen molar-refractivity contribution in [1.82, 2.24) is 30.0 Å². The van der Waals surface area contributed by atoms with Crippen molar-refractivity contribution in [2.24, 2.45) is 0 Å². The summed E-state index contributed by atoms with van der Waals surface area (Å²) in [5, 5.41) is 10.6. The zero-order valence-corrected chi connectivity index (χ0v) is 13.0. The Kier molecular flexibility index (Phi) is 4.78. The van der Waals surface area contributed by atoms with Crippen LogP contribution < -0.4 is 0 Å². The highest BCUT2D eigenvalue weighted by molar-refractivity contribution is 5.80. The van der Waals surface area contributed by atoms with Gasteiger partial charge in [0, 0.05) is 26.2 Å². The largest absolute Gasteiger partial charge is 0.339 e. The van der Waals surface area contributed by atoms with Crippen molar-refractivity contribution in [1.29, 1.82) is 0 Å². The van der Waals surface area contributed by atoms with Gasteiger partial charge in [-0.25, -0.2) is 9.07 Å². The summed E-state index contributed by atoms with van der Waals surface area (Å²) < 4.78 is 15.0. The van der Waals surface area contributed by atoms with Gasteiger partial charge in [-0.1, -0.05) is 18.2 Å². The summed E-state index contributed by atoms with van der Waals surface area (Å²) in [4.78, 5) is 27.7. The van der Waals surface area contributed by atoms with E-state index in [1.54, 1.807) is 28.0 Å². The minimum absolute atomic E-state index is 0.0330. The van der Waals surface area contributed by atoms with Crippen LogP contribution in [-0.4, -0.2) is 68.0 Å². The quantitative estimate of drug-likeness (QED) is 0.769. The minimum atomic E-state index is -0.374. The summed E-state index contributed by atoms with van der Waals surface area (Å²) in [7, 11) is 0. The van der Waals surface area contributed by atoms with E-state index in [1.165, 1.54) is 17.1 Å². The summed E-state index contributed by atoms with van der Waals surface area (Å²) in [6.07, 6.45) is 1.41. The maximum atomic E-state index is 13.6. The number of aromatic nitrogens is 4. The molecule has 24 heavy (non-hydrogen) atoms. The molecule has 0 N–H and O–H groups in total. The van der Waals surface area contributed by atoms with Crippen molar-refractivity contribution in [2.75, 3.05) is 26.2 Å². The molecular weight excluding hydrogens is 315 g/mol. The number of rotatable bonds is 4. The van der Waals surface area contributed by atoms with Crippen LogP contribution in [0.3, 0.4) is 0 Å². The van der Waals surface area contributed by atoms with Crippen molar-refractivity contribution in [3.8, 4) is 0 Å². The molecule has 2 amide bonds. The van der Waals surface area contributed by atoms with Crippen LogP contribution in [0.1, 0.15) is 5.56 Å². The molecule has 1 saturated heterocycles. The Morgan fingerprint density at radius 1 is 1.04 bits per heavy atom. The van der Waals surface area contributed by atoms with Gasteiger partial charge in [0.1, 0.15) is 18.7 Å². The van der Waals surface area contributed by atoms with Gasteiger partial charge in [-0.05, 0) is 22.1 Å². The molecule has 2 aromatic rings. The van der Waals surface area contributed by atoms with Crippen molar-refractivity contribution >= 4 is 11.8 Å². The smallest absolute Gasteiger partial charge is 0.244 e. The molecule has 3 rings (SSSR count). The van der Waals surface area contributed by atoms with Gasteiger partial charge in [0.25, 0.3) is 0 Å². The molecule has 2 heterocycles. The number of carbonyl (C=O) groups is 2. The first-order chi connectivity index (χ1) is 11.6. The predicted molar refractivity (Wildman–Crippen MR) is 81.1 cm³/mol. The topological polar surface area (TPSA) is 84.2 Å². The monoisotopic (exact) mass is 332 g/mol. The molecule has 1 fully saturated rings. The van der Waals surface area contributed by atoms with Crippen LogP contribution in [0.25, 0.3) is 0 Å². The van der Waals surface area contributed by atoms with Crippen LogP contribution in [-0.2, 0) is 22.6 Å². The van der Waals surface area contributed by atoms with E-state index < -0.39 is 0 Å². The van der Waals surface area contributed by atoms with E-state index >= 15 is 0 Å². The van der Waals surface area contributed by atoms with Gasteiger partial charge in [0.2, 0.25) is 11.8 Å². The van der Waals surface area contributed by atoms with E-state index in [9.17, 15) is 14.0 Å². The van der Waals surface area contributed by atoms with Crippen molar-refractivity contribution in [3.05, 3.63) is 42.0 Å². The third kappa shape index (κ3) is 3.73. The number of carbonyl (C=O) groups excluding carboxylic acids is 2. The molecule has 126 valence electrons. The maximum absolute atomic E-state index is 13.6. The Labute approximate surface area is 137 Å². The lowest BCUT2D eigenvalue weighted by Gasteiger charge is -2.34. The number of piperazine rings is 1. The molecule has 1 aliphatic rings. The fourth-order valence-electron chi connectivity index (χ4n) is 2.61. The normalized spacial score (nSPS) is 14.7. The van der Waals surface area contributed by atoms with E-state index in [2.05, 4.69) is 15.5 Å². The number of amides is 2.